The van der Waals surface area contributed by atoms with Gasteiger partial charge in [0.25, 0.3) is 0 Å². The predicted molar refractivity (Wildman–Crippen MR) is 56.6 cm³/mol. The zero-order valence-electron chi connectivity index (χ0n) is 8.16. The van der Waals surface area contributed by atoms with E-state index in [-0.39, 0.29) is 6.10 Å². The van der Waals surface area contributed by atoms with Gasteiger partial charge >= 0.3 is 0 Å². The summed E-state index contributed by atoms with van der Waals surface area (Å²) in [5.41, 5.74) is 1.14. The molecule has 0 aromatic heterocycles. The van der Waals surface area contributed by atoms with Gasteiger partial charge in [-0.25, -0.2) is 0 Å². The van der Waals surface area contributed by atoms with Crippen LogP contribution in [0.2, 0.25) is 0 Å². The maximum absolute atomic E-state index is 5.51. The average Bonchev–Trinajstić information content (AvgIpc) is 2.08. The van der Waals surface area contributed by atoms with Crippen molar-refractivity contribution in [1.29, 1.82) is 0 Å². The van der Waals surface area contributed by atoms with Crippen LogP contribution in [-0.4, -0.2) is 6.10 Å². The first-order chi connectivity index (χ1) is 6.22. The van der Waals surface area contributed by atoms with Crippen molar-refractivity contribution in [2.24, 2.45) is 0 Å². The number of hydrogen-bond donors (Lipinski definition) is 0. The fraction of sp³-hybridized carbons (Fsp3) is 0.250. The molecule has 0 saturated heterocycles. The third-order valence-corrected chi connectivity index (χ3v) is 1.56. The minimum Gasteiger partial charge on any atom is -0.491 e. The number of ether oxygens (including phenoxy) is 1. The molecule has 69 valence electrons. The molecule has 0 amide bonds. The van der Waals surface area contributed by atoms with Crippen molar-refractivity contribution in [1.82, 2.24) is 0 Å². The van der Waals surface area contributed by atoms with Crippen molar-refractivity contribution >= 4 is 6.08 Å². The zero-order valence-corrected chi connectivity index (χ0v) is 8.16. The van der Waals surface area contributed by atoms with Crippen LogP contribution in [0.25, 0.3) is 6.08 Å². The molecular formula is C12H15O. The van der Waals surface area contributed by atoms with Crippen molar-refractivity contribution in [2.75, 3.05) is 0 Å². The number of allylic oxidation sites excluding steroid dienone is 1. The molecule has 0 bridgehead atoms. The van der Waals surface area contributed by atoms with Crippen LogP contribution in [-0.2, 0) is 0 Å². The summed E-state index contributed by atoms with van der Waals surface area (Å²) in [6.07, 6.45) is 3.96. The van der Waals surface area contributed by atoms with Crippen LogP contribution in [0.5, 0.6) is 5.75 Å². The van der Waals surface area contributed by atoms with Gasteiger partial charge < -0.3 is 4.74 Å². The summed E-state index contributed by atoms with van der Waals surface area (Å²) in [5, 5.41) is 0. The first kappa shape index (κ1) is 9.85. The first-order valence-electron chi connectivity index (χ1n) is 4.45. The normalized spacial score (nSPS) is 11.1. The SMILES string of the molecule is [CH2]/C=C/c1ccc(OC(C)C)cc1. The Kier molecular flexibility index (Phi) is 3.56. The molecule has 0 aliphatic rings. The molecule has 1 radical (unpaired) electrons. The van der Waals surface area contributed by atoms with Crippen LogP contribution in [0.3, 0.4) is 0 Å². The van der Waals surface area contributed by atoms with Gasteiger partial charge in [0.05, 0.1) is 6.10 Å². The summed E-state index contributed by atoms with van der Waals surface area (Å²) >= 11 is 0. The van der Waals surface area contributed by atoms with Crippen LogP contribution in [0.15, 0.2) is 30.3 Å². The molecule has 0 aliphatic carbocycles. The summed E-state index contributed by atoms with van der Waals surface area (Å²) in [5.74, 6) is 0.913. The van der Waals surface area contributed by atoms with Crippen molar-refractivity contribution in [3.8, 4) is 5.75 Å². The van der Waals surface area contributed by atoms with E-state index in [1.165, 1.54) is 0 Å². The molecule has 0 fully saturated rings. The van der Waals surface area contributed by atoms with Gasteiger partial charge in [-0.05, 0) is 38.5 Å². The Labute approximate surface area is 80.0 Å². The molecule has 1 heteroatoms. The van der Waals surface area contributed by atoms with Gasteiger partial charge in [-0.15, -0.1) is 0 Å². The van der Waals surface area contributed by atoms with Crippen LogP contribution in [0.4, 0.5) is 0 Å². The molecule has 0 aliphatic heterocycles. The second-order valence-electron chi connectivity index (χ2n) is 3.14. The number of rotatable bonds is 3. The first-order valence-corrected chi connectivity index (χ1v) is 4.45. The third kappa shape index (κ3) is 3.32. The van der Waals surface area contributed by atoms with Crippen LogP contribution < -0.4 is 4.74 Å². The quantitative estimate of drug-likeness (QED) is 0.684. The van der Waals surface area contributed by atoms with Crippen molar-refractivity contribution in [3.63, 3.8) is 0 Å². The van der Waals surface area contributed by atoms with Gasteiger partial charge in [0.1, 0.15) is 5.75 Å². The monoisotopic (exact) mass is 175 g/mol. The topological polar surface area (TPSA) is 9.23 Å². The van der Waals surface area contributed by atoms with E-state index < -0.39 is 0 Å². The van der Waals surface area contributed by atoms with Crippen molar-refractivity contribution in [3.05, 3.63) is 42.8 Å². The largest absolute Gasteiger partial charge is 0.491 e. The summed E-state index contributed by atoms with van der Waals surface area (Å²) in [6, 6.07) is 7.96. The summed E-state index contributed by atoms with van der Waals surface area (Å²) in [4.78, 5) is 0. The summed E-state index contributed by atoms with van der Waals surface area (Å²) < 4.78 is 5.51. The molecule has 13 heavy (non-hydrogen) atoms. The predicted octanol–water partition coefficient (Wildman–Crippen LogP) is 3.32. The molecular weight excluding hydrogens is 160 g/mol. The lowest BCUT2D eigenvalue weighted by atomic mass is 10.2. The minimum absolute atomic E-state index is 0.231. The van der Waals surface area contributed by atoms with Gasteiger partial charge in [0.15, 0.2) is 0 Å². The van der Waals surface area contributed by atoms with Gasteiger partial charge in [0.2, 0.25) is 0 Å². The van der Waals surface area contributed by atoms with Crippen LogP contribution >= 0.6 is 0 Å². The smallest absolute Gasteiger partial charge is 0.119 e. The Bertz CT molecular complexity index is 270. The van der Waals surface area contributed by atoms with E-state index in [2.05, 4.69) is 6.92 Å². The highest BCUT2D eigenvalue weighted by molar-refractivity contribution is 5.50. The van der Waals surface area contributed by atoms with Crippen LogP contribution in [0.1, 0.15) is 19.4 Å². The Hall–Kier alpha value is -1.24. The highest BCUT2D eigenvalue weighted by Gasteiger charge is 1.95. The van der Waals surface area contributed by atoms with E-state index in [9.17, 15) is 0 Å². The lowest BCUT2D eigenvalue weighted by Crippen LogP contribution is -2.05. The van der Waals surface area contributed by atoms with E-state index in [0.717, 1.165) is 11.3 Å². The number of benzene rings is 1. The average molecular weight is 175 g/mol. The van der Waals surface area contributed by atoms with Crippen LogP contribution in [0, 0.1) is 6.92 Å². The Morgan fingerprint density at radius 3 is 2.31 bits per heavy atom. The van der Waals surface area contributed by atoms with E-state index in [4.69, 9.17) is 4.74 Å². The molecule has 0 N–H and O–H groups in total. The van der Waals surface area contributed by atoms with Crippen molar-refractivity contribution < 1.29 is 4.74 Å². The molecule has 1 nitrogen and oxygen atoms in total. The Balaban J connectivity index is 2.69. The Morgan fingerprint density at radius 1 is 1.23 bits per heavy atom. The standard InChI is InChI=1S/C12H15O/c1-4-5-11-6-8-12(9-7-11)13-10(2)3/h4-10H,1H2,2-3H3/b5-4+. The lowest BCUT2D eigenvalue weighted by Gasteiger charge is -2.09. The second-order valence-corrected chi connectivity index (χ2v) is 3.14. The van der Waals surface area contributed by atoms with Gasteiger partial charge in [0, 0.05) is 0 Å². The molecule has 0 spiro atoms. The fourth-order valence-corrected chi connectivity index (χ4v) is 1.07. The molecule has 0 unspecified atom stereocenters. The summed E-state index contributed by atoms with van der Waals surface area (Å²) in [6.45, 7) is 7.68. The molecule has 0 saturated carbocycles. The third-order valence-electron chi connectivity index (χ3n) is 1.56. The Morgan fingerprint density at radius 2 is 1.85 bits per heavy atom. The van der Waals surface area contributed by atoms with Gasteiger partial charge in [-0.2, -0.15) is 0 Å². The minimum atomic E-state index is 0.231. The highest BCUT2D eigenvalue weighted by atomic mass is 16.5. The molecule has 1 rings (SSSR count). The van der Waals surface area contributed by atoms with E-state index in [1.54, 1.807) is 6.08 Å². The maximum atomic E-state index is 5.51. The lowest BCUT2D eigenvalue weighted by molar-refractivity contribution is 0.242. The molecule has 1 aromatic rings. The highest BCUT2D eigenvalue weighted by Crippen LogP contribution is 2.14. The van der Waals surface area contributed by atoms with E-state index in [0.29, 0.717) is 0 Å². The fourth-order valence-electron chi connectivity index (χ4n) is 1.07. The molecule has 0 atom stereocenters. The maximum Gasteiger partial charge on any atom is 0.119 e. The zero-order chi connectivity index (χ0) is 9.68. The summed E-state index contributed by atoms with van der Waals surface area (Å²) in [7, 11) is 0. The van der Waals surface area contributed by atoms with Gasteiger partial charge in [-0.3, -0.25) is 0 Å². The van der Waals surface area contributed by atoms with E-state index >= 15 is 0 Å². The molecule has 1 aromatic carbocycles. The number of hydrogen-bond acceptors (Lipinski definition) is 1. The van der Waals surface area contributed by atoms with Crippen molar-refractivity contribution in [2.45, 2.75) is 20.0 Å². The van der Waals surface area contributed by atoms with Gasteiger partial charge in [-0.1, -0.05) is 24.3 Å². The molecule has 0 heterocycles. The second kappa shape index (κ2) is 4.70. The van der Waals surface area contributed by atoms with E-state index in [1.807, 2.05) is 44.2 Å².